The average molecular weight is 244 g/mol. The summed E-state index contributed by atoms with van der Waals surface area (Å²) in [5, 5.41) is 0. The fourth-order valence-corrected chi connectivity index (χ4v) is 1.13. The fourth-order valence-electron chi connectivity index (χ4n) is 1.13. The van der Waals surface area contributed by atoms with Crippen LogP contribution in [-0.2, 0) is 0 Å². The number of nitrogens with zero attached hydrogens (tertiary/aromatic N) is 2. The van der Waals surface area contributed by atoms with Crippen LogP contribution in [0.1, 0.15) is 16.2 Å². The summed E-state index contributed by atoms with van der Waals surface area (Å²) in [5.74, 6) is 0.0879. The first kappa shape index (κ1) is 13.3. The van der Waals surface area contributed by atoms with E-state index >= 15 is 0 Å². The molecule has 18 heavy (non-hydrogen) atoms. The lowest BCUT2D eigenvalue weighted by Crippen LogP contribution is -2.18. The van der Waals surface area contributed by atoms with Crippen LogP contribution >= 0.6 is 0 Å². The van der Waals surface area contributed by atoms with Gasteiger partial charge in [0.05, 0.1) is 0 Å². The van der Waals surface area contributed by atoms with E-state index in [1.165, 1.54) is 0 Å². The molecule has 1 heterocycles. The lowest BCUT2D eigenvalue weighted by atomic mass is 10.1. The molecule has 0 unspecified atom stereocenters. The van der Waals surface area contributed by atoms with Crippen LogP contribution in [0.3, 0.4) is 0 Å². The SMILES string of the molecule is NC(N)=O.O=C(c1ccccc1)c1ncccn1. The molecule has 4 N–H and O–H groups in total. The van der Waals surface area contributed by atoms with E-state index in [4.69, 9.17) is 4.79 Å². The van der Waals surface area contributed by atoms with E-state index < -0.39 is 6.03 Å². The summed E-state index contributed by atoms with van der Waals surface area (Å²) in [7, 11) is 0. The van der Waals surface area contributed by atoms with Gasteiger partial charge in [-0.05, 0) is 6.07 Å². The van der Waals surface area contributed by atoms with Gasteiger partial charge in [0.2, 0.25) is 11.6 Å². The second-order valence-electron chi connectivity index (χ2n) is 3.17. The molecular formula is C12H12N4O2. The first-order valence-corrected chi connectivity index (χ1v) is 5.03. The van der Waals surface area contributed by atoms with Crippen molar-refractivity contribution in [2.45, 2.75) is 0 Å². The lowest BCUT2D eigenvalue weighted by Gasteiger charge is -1.97. The van der Waals surface area contributed by atoms with E-state index in [9.17, 15) is 4.79 Å². The quantitative estimate of drug-likeness (QED) is 0.758. The Hall–Kier alpha value is -2.76. The van der Waals surface area contributed by atoms with Crippen molar-refractivity contribution in [3.63, 3.8) is 0 Å². The molecule has 0 bridgehead atoms. The zero-order chi connectivity index (χ0) is 13.4. The Labute approximate surface area is 104 Å². The van der Waals surface area contributed by atoms with Crippen LogP contribution in [0, 0.1) is 0 Å². The number of hydrogen-bond donors (Lipinski definition) is 2. The molecule has 0 spiro atoms. The van der Waals surface area contributed by atoms with Gasteiger partial charge in [0, 0.05) is 18.0 Å². The van der Waals surface area contributed by atoms with Crippen LogP contribution < -0.4 is 11.5 Å². The number of amides is 2. The number of hydrogen-bond acceptors (Lipinski definition) is 4. The van der Waals surface area contributed by atoms with Crippen molar-refractivity contribution < 1.29 is 9.59 Å². The van der Waals surface area contributed by atoms with Gasteiger partial charge in [-0.3, -0.25) is 4.79 Å². The number of carbonyl (C=O) groups excluding carboxylic acids is 2. The maximum absolute atomic E-state index is 11.7. The Balaban J connectivity index is 0.000000357. The summed E-state index contributed by atoms with van der Waals surface area (Å²) in [5.41, 5.74) is 9.11. The highest BCUT2D eigenvalue weighted by Crippen LogP contribution is 2.03. The van der Waals surface area contributed by atoms with E-state index in [0.29, 0.717) is 5.56 Å². The predicted octanol–water partition coefficient (Wildman–Crippen LogP) is 0.731. The molecule has 2 rings (SSSR count). The minimum Gasteiger partial charge on any atom is -0.352 e. The Morgan fingerprint density at radius 3 is 1.89 bits per heavy atom. The number of nitrogens with two attached hydrogens (primary N) is 2. The number of ketones is 1. The third-order valence-corrected chi connectivity index (χ3v) is 1.80. The molecule has 6 heteroatoms. The van der Waals surface area contributed by atoms with Crippen molar-refractivity contribution in [2.24, 2.45) is 11.5 Å². The summed E-state index contributed by atoms with van der Waals surface area (Å²) < 4.78 is 0. The second kappa shape index (κ2) is 6.74. The molecule has 6 nitrogen and oxygen atoms in total. The molecule has 0 radical (unpaired) electrons. The standard InChI is InChI=1S/C11H8N2O.CH4N2O/c14-10(9-5-2-1-3-6-9)11-12-7-4-8-13-11;2-1(3)4/h1-8H;(H4,2,3,4). The highest BCUT2D eigenvalue weighted by atomic mass is 16.2. The van der Waals surface area contributed by atoms with Crippen LogP contribution in [0.15, 0.2) is 48.8 Å². The van der Waals surface area contributed by atoms with Crippen LogP contribution in [0.2, 0.25) is 0 Å². The van der Waals surface area contributed by atoms with Crippen molar-refractivity contribution in [1.29, 1.82) is 0 Å². The van der Waals surface area contributed by atoms with Gasteiger partial charge in [-0.15, -0.1) is 0 Å². The molecule has 0 fully saturated rings. The average Bonchev–Trinajstić information content (AvgIpc) is 2.39. The number of aromatic nitrogens is 2. The van der Waals surface area contributed by atoms with Gasteiger partial charge in [0.1, 0.15) is 0 Å². The molecule has 0 aliphatic heterocycles. The van der Waals surface area contributed by atoms with Crippen LogP contribution in [-0.4, -0.2) is 21.8 Å². The van der Waals surface area contributed by atoms with Gasteiger partial charge in [-0.1, -0.05) is 30.3 Å². The van der Waals surface area contributed by atoms with Crippen LogP contribution in [0.4, 0.5) is 4.79 Å². The van der Waals surface area contributed by atoms with Gasteiger partial charge in [0.15, 0.2) is 0 Å². The highest BCUT2D eigenvalue weighted by molar-refractivity contribution is 6.06. The third-order valence-electron chi connectivity index (χ3n) is 1.80. The third kappa shape index (κ3) is 4.40. The highest BCUT2D eigenvalue weighted by Gasteiger charge is 2.09. The molecule has 2 amide bonds. The number of benzene rings is 1. The van der Waals surface area contributed by atoms with Gasteiger partial charge >= 0.3 is 6.03 Å². The van der Waals surface area contributed by atoms with Gasteiger partial charge in [-0.2, -0.15) is 0 Å². The number of primary amides is 2. The topological polar surface area (TPSA) is 112 Å². The largest absolute Gasteiger partial charge is 0.352 e. The number of urea groups is 1. The van der Waals surface area contributed by atoms with E-state index in [2.05, 4.69) is 21.4 Å². The predicted molar refractivity (Wildman–Crippen MR) is 65.7 cm³/mol. The molecule has 0 saturated heterocycles. The summed E-state index contributed by atoms with van der Waals surface area (Å²) in [6.45, 7) is 0. The van der Waals surface area contributed by atoms with Crippen molar-refractivity contribution >= 4 is 11.8 Å². The molecular weight excluding hydrogens is 232 g/mol. The molecule has 1 aromatic carbocycles. The van der Waals surface area contributed by atoms with Crippen molar-refractivity contribution in [3.8, 4) is 0 Å². The molecule has 1 aromatic heterocycles. The van der Waals surface area contributed by atoms with Gasteiger partial charge < -0.3 is 11.5 Å². The Morgan fingerprint density at radius 2 is 1.39 bits per heavy atom. The Bertz CT molecular complexity index is 469. The monoisotopic (exact) mass is 244 g/mol. The molecule has 2 aromatic rings. The van der Waals surface area contributed by atoms with Crippen LogP contribution in [0.25, 0.3) is 0 Å². The number of rotatable bonds is 2. The van der Waals surface area contributed by atoms with Crippen molar-refractivity contribution in [2.75, 3.05) is 0 Å². The van der Waals surface area contributed by atoms with E-state index in [0.717, 1.165) is 0 Å². The molecule has 92 valence electrons. The molecule has 0 aliphatic rings. The maximum Gasteiger partial charge on any atom is 0.309 e. The first-order chi connectivity index (χ1) is 8.61. The zero-order valence-electron chi connectivity index (χ0n) is 9.48. The Morgan fingerprint density at radius 1 is 0.889 bits per heavy atom. The lowest BCUT2D eigenvalue weighted by molar-refractivity contribution is 0.102. The van der Waals surface area contributed by atoms with Gasteiger partial charge in [-0.25, -0.2) is 14.8 Å². The van der Waals surface area contributed by atoms with Crippen molar-refractivity contribution in [3.05, 3.63) is 60.2 Å². The van der Waals surface area contributed by atoms with E-state index in [-0.39, 0.29) is 11.6 Å². The molecule has 0 aliphatic carbocycles. The molecule has 0 atom stereocenters. The van der Waals surface area contributed by atoms with Gasteiger partial charge in [0.25, 0.3) is 0 Å². The smallest absolute Gasteiger partial charge is 0.309 e. The summed E-state index contributed by atoms with van der Waals surface area (Å²) in [6, 6.07) is 9.84. The number of carbonyl (C=O) groups is 2. The maximum atomic E-state index is 11.7. The minimum absolute atomic E-state index is 0.147. The summed E-state index contributed by atoms with van der Waals surface area (Å²) in [6.07, 6.45) is 3.12. The first-order valence-electron chi connectivity index (χ1n) is 5.03. The normalized spacial score (nSPS) is 8.89. The zero-order valence-corrected chi connectivity index (χ0v) is 9.48. The molecule has 0 saturated carbocycles. The fraction of sp³-hybridized carbons (Fsp3) is 0. The Kier molecular flexibility index (Phi) is 4.98. The summed E-state index contributed by atoms with van der Waals surface area (Å²) >= 11 is 0. The minimum atomic E-state index is -0.833. The van der Waals surface area contributed by atoms with Crippen LogP contribution in [0.5, 0.6) is 0 Å². The van der Waals surface area contributed by atoms with E-state index in [1.807, 2.05) is 18.2 Å². The summed E-state index contributed by atoms with van der Waals surface area (Å²) in [4.78, 5) is 28.5. The second-order valence-corrected chi connectivity index (χ2v) is 3.17. The van der Waals surface area contributed by atoms with Crippen molar-refractivity contribution in [1.82, 2.24) is 9.97 Å². The van der Waals surface area contributed by atoms with E-state index in [1.54, 1.807) is 30.6 Å².